The number of piperazine rings is 1. The summed E-state index contributed by atoms with van der Waals surface area (Å²) in [6.07, 6.45) is 1.65. The molecule has 0 saturated carbocycles. The van der Waals surface area contributed by atoms with E-state index in [1.807, 2.05) is 30.3 Å². The zero-order valence-corrected chi connectivity index (χ0v) is 15.5. The number of nitro benzene ring substituents is 1. The SMILES string of the molecule is O=[N+]([O-])c1c(N2CCN(Cc3cccc(Cl)c3)CC2)ccc2ncccc12. The van der Waals surface area contributed by atoms with Crippen molar-refractivity contribution in [2.75, 3.05) is 31.1 Å². The van der Waals surface area contributed by atoms with Gasteiger partial charge in [-0.05, 0) is 42.0 Å². The van der Waals surface area contributed by atoms with E-state index in [4.69, 9.17) is 11.6 Å². The summed E-state index contributed by atoms with van der Waals surface area (Å²) in [6, 6.07) is 15.1. The Labute approximate surface area is 162 Å². The van der Waals surface area contributed by atoms with Crippen LogP contribution in [0.5, 0.6) is 0 Å². The van der Waals surface area contributed by atoms with Crippen LogP contribution < -0.4 is 4.90 Å². The molecule has 7 heteroatoms. The molecule has 1 saturated heterocycles. The molecular weight excluding hydrogens is 364 g/mol. The summed E-state index contributed by atoms with van der Waals surface area (Å²) in [6.45, 7) is 4.00. The van der Waals surface area contributed by atoms with Crippen molar-refractivity contribution in [2.24, 2.45) is 0 Å². The number of anilines is 1. The van der Waals surface area contributed by atoms with Crippen molar-refractivity contribution in [3.8, 4) is 0 Å². The van der Waals surface area contributed by atoms with Crippen LogP contribution in [0, 0.1) is 10.1 Å². The van der Waals surface area contributed by atoms with Crippen LogP contribution in [-0.2, 0) is 6.54 Å². The van der Waals surface area contributed by atoms with Crippen molar-refractivity contribution < 1.29 is 4.92 Å². The van der Waals surface area contributed by atoms with Crippen LogP contribution in [0.2, 0.25) is 5.02 Å². The Kier molecular flexibility index (Phi) is 4.92. The van der Waals surface area contributed by atoms with Gasteiger partial charge in [-0.1, -0.05) is 23.7 Å². The summed E-state index contributed by atoms with van der Waals surface area (Å²) in [7, 11) is 0. The number of benzene rings is 2. The molecule has 6 nitrogen and oxygen atoms in total. The molecule has 2 heterocycles. The molecule has 4 rings (SSSR count). The number of rotatable bonds is 4. The van der Waals surface area contributed by atoms with Crippen molar-refractivity contribution >= 4 is 33.9 Å². The predicted molar refractivity (Wildman–Crippen MR) is 107 cm³/mol. The first-order chi connectivity index (χ1) is 13.1. The molecule has 2 aromatic carbocycles. The highest BCUT2D eigenvalue weighted by atomic mass is 35.5. The molecular formula is C20H19ClN4O2. The number of nitrogens with zero attached hydrogens (tertiary/aromatic N) is 4. The van der Waals surface area contributed by atoms with E-state index >= 15 is 0 Å². The molecule has 3 aromatic rings. The number of fused-ring (bicyclic) bond motifs is 1. The van der Waals surface area contributed by atoms with Crippen molar-refractivity contribution in [2.45, 2.75) is 6.54 Å². The molecule has 0 aliphatic carbocycles. The number of nitro groups is 1. The van der Waals surface area contributed by atoms with E-state index in [1.54, 1.807) is 18.3 Å². The van der Waals surface area contributed by atoms with Gasteiger partial charge in [0.1, 0.15) is 5.69 Å². The van der Waals surface area contributed by atoms with Gasteiger partial charge in [0.25, 0.3) is 0 Å². The molecule has 27 heavy (non-hydrogen) atoms. The van der Waals surface area contributed by atoms with Gasteiger partial charge in [-0.15, -0.1) is 0 Å². The van der Waals surface area contributed by atoms with E-state index in [9.17, 15) is 10.1 Å². The van der Waals surface area contributed by atoms with Gasteiger partial charge < -0.3 is 4.90 Å². The van der Waals surface area contributed by atoms with E-state index in [2.05, 4.69) is 20.9 Å². The molecule has 0 atom stereocenters. The van der Waals surface area contributed by atoms with Gasteiger partial charge in [-0.2, -0.15) is 0 Å². The molecule has 138 valence electrons. The maximum Gasteiger partial charge on any atom is 0.301 e. The lowest BCUT2D eigenvalue weighted by Gasteiger charge is -2.36. The van der Waals surface area contributed by atoms with Crippen molar-refractivity contribution in [3.05, 3.63) is 75.4 Å². The topological polar surface area (TPSA) is 62.5 Å². The minimum absolute atomic E-state index is 0.142. The minimum atomic E-state index is -0.294. The monoisotopic (exact) mass is 382 g/mol. The third-order valence-corrected chi connectivity index (χ3v) is 5.16. The molecule has 1 aromatic heterocycles. The second kappa shape index (κ2) is 7.50. The van der Waals surface area contributed by atoms with Gasteiger partial charge in [-0.3, -0.25) is 20.0 Å². The summed E-state index contributed by atoms with van der Waals surface area (Å²) in [5, 5.41) is 13.1. The minimum Gasteiger partial charge on any atom is -0.363 e. The Morgan fingerprint density at radius 2 is 1.89 bits per heavy atom. The van der Waals surface area contributed by atoms with Crippen LogP contribution >= 0.6 is 11.6 Å². The van der Waals surface area contributed by atoms with Crippen LogP contribution in [0.1, 0.15) is 5.56 Å². The van der Waals surface area contributed by atoms with E-state index in [1.165, 1.54) is 5.56 Å². The van der Waals surface area contributed by atoms with E-state index < -0.39 is 0 Å². The number of aromatic nitrogens is 1. The molecule has 0 bridgehead atoms. The normalized spacial score (nSPS) is 15.2. The van der Waals surface area contributed by atoms with Crippen LogP contribution in [0.4, 0.5) is 11.4 Å². The van der Waals surface area contributed by atoms with Crippen LogP contribution in [0.15, 0.2) is 54.7 Å². The highest BCUT2D eigenvalue weighted by Gasteiger charge is 2.26. The highest BCUT2D eigenvalue weighted by Crippen LogP contribution is 2.35. The fourth-order valence-electron chi connectivity index (χ4n) is 3.61. The molecule has 1 aliphatic rings. The summed E-state index contributed by atoms with van der Waals surface area (Å²) >= 11 is 6.06. The Morgan fingerprint density at radius 3 is 2.63 bits per heavy atom. The molecule has 0 unspecified atom stereocenters. The smallest absolute Gasteiger partial charge is 0.301 e. The second-order valence-electron chi connectivity index (χ2n) is 6.65. The van der Waals surface area contributed by atoms with Gasteiger partial charge in [0, 0.05) is 43.9 Å². The van der Waals surface area contributed by atoms with Crippen molar-refractivity contribution in [1.82, 2.24) is 9.88 Å². The molecule has 1 aliphatic heterocycles. The maximum atomic E-state index is 11.7. The lowest BCUT2D eigenvalue weighted by atomic mass is 10.1. The summed E-state index contributed by atoms with van der Waals surface area (Å²) in [5.41, 5.74) is 2.64. The van der Waals surface area contributed by atoms with Crippen molar-refractivity contribution in [1.29, 1.82) is 0 Å². The zero-order chi connectivity index (χ0) is 18.8. The fourth-order valence-corrected chi connectivity index (χ4v) is 3.83. The lowest BCUT2D eigenvalue weighted by molar-refractivity contribution is -0.382. The number of hydrogen-bond donors (Lipinski definition) is 0. The third-order valence-electron chi connectivity index (χ3n) is 4.93. The maximum absolute atomic E-state index is 11.7. The van der Waals surface area contributed by atoms with Crippen LogP contribution in [0.25, 0.3) is 10.9 Å². The Bertz CT molecular complexity index is 987. The molecule has 0 N–H and O–H groups in total. The first-order valence-corrected chi connectivity index (χ1v) is 9.23. The van der Waals surface area contributed by atoms with Gasteiger partial charge in [0.15, 0.2) is 0 Å². The number of hydrogen-bond acceptors (Lipinski definition) is 5. The predicted octanol–water partition coefficient (Wildman–Crippen LogP) is 4.12. The second-order valence-corrected chi connectivity index (χ2v) is 7.09. The lowest BCUT2D eigenvalue weighted by Crippen LogP contribution is -2.46. The van der Waals surface area contributed by atoms with Gasteiger partial charge >= 0.3 is 5.69 Å². The van der Waals surface area contributed by atoms with Gasteiger partial charge in [-0.25, -0.2) is 0 Å². The average Bonchev–Trinajstić information content (AvgIpc) is 2.67. The summed E-state index contributed by atoms with van der Waals surface area (Å²) in [5.74, 6) is 0. The van der Waals surface area contributed by atoms with Crippen LogP contribution in [0.3, 0.4) is 0 Å². The first kappa shape index (κ1) is 17.7. The van der Waals surface area contributed by atoms with Gasteiger partial charge in [0.2, 0.25) is 0 Å². The Balaban J connectivity index is 1.53. The third kappa shape index (κ3) is 3.72. The van der Waals surface area contributed by atoms with E-state index in [0.29, 0.717) is 16.6 Å². The highest BCUT2D eigenvalue weighted by molar-refractivity contribution is 6.30. The average molecular weight is 383 g/mol. The van der Waals surface area contributed by atoms with E-state index in [-0.39, 0.29) is 10.6 Å². The largest absolute Gasteiger partial charge is 0.363 e. The molecule has 0 amide bonds. The van der Waals surface area contributed by atoms with Crippen LogP contribution in [-0.4, -0.2) is 41.0 Å². The molecule has 1 fully saturated rings. The standard InChI is InChI=1S/C20H19ClN4O2/c21-16-4-1-3-15(13-16)14-23-9-11-24(12-10-23)19-7-6-18-17(5-2-8-22-18)20(19)25(26)27/h1-8,13H,9-12,14H2. The Hall–Kier alpha value is -2.70. The van der Waals surface area contributed by atoms with Crippen molar-refractivity contribution in [3.63, 3.8) is 0 Å². The zero-order valence-electron chi connectivity index (χ0n) is 14.7. The quantitative estimate of drug-likeness (QED) is 0.501. The number of halogens is 1. The fraction of sp³-hybridized carbons (Fsp3) is 0.250. The molecule has 0 radical (unpaired) electrons. The van der Waals surface area contributed by atoms with Gasteiger partial charge in [0.05, 0.1) is 15.8 Å². The molecule has 0 spiro atoms. The summed E-state index contributed by atoms with van der Waals surface area (Å²) in [4.78, 5) is 20.1. The van der Waals surface area contributed by atoms with E-state index in [0.717, 1.165) is 37.7 Å². The number of pyridine rings is 1. The summed E-state index contributed by atoms with van der Waals surface area (Å²) < 4.78 is 0. The first-order valence-electron chi connectivity index (χ1n) is 8.86. The Morgan fingerprint density at radius 1 is 1.07 bits per heavy atom.